The maximum absolute atomic E-state index is 14.0. The highest BCUT2D eigenvalue weighted by Crippen LogP contribution is 2.40. The van der Waals surface area contributed by atoms with Crippen LogP contribution in [0, 0.1) is 12.7 Å². The van der Waals surface area contributed by atoms with Crippen molar-refractivity contribution in [3.63, 3.8) is 0 Å². The molecule has 8 heteroatoms. The zero-order valence-electron chi connectivity index (χ0n) is 21.9. The van der Waals surface area contributed by atoms with Gasteiger partial charge in [-0.15, -0.1) is 0 Å². The van der Waals surface area contributed by atoms with Crippen molar-refractivity contribution in [1.82, 2.24) is 14.7 Å². The third kappa shape index (κ3) is 4.26. The lowest BCUT2D eigenvalue weighted by molar-refractivity contribution is -0.134. The molecule has 3 aromatic carbocycles. The second-order valence-electron chi connectivity index (χ2n) is 10.9. The van der Waals surface area contributed by atoms with Crippen molar-refractivity contribution in [3.8, 4) is 0 Å². The topological polar surface area (TPSA) is 56.3 Å². The Kier molecular flexibility index (Phi) is 6.22. The molecule has 3 aromatic rings. The van der Waals surface area contributed by atoms with Crippen molar-refractivity contribution < 1.29 is 18.7 Å². The summed E-state index contributed by atoms with van der Waals surface area (Å²) in [5.74, 6) is -0.237. The van der Waals surface area contributed by atoms with Crippen molar-refractivity contribution >= 4 is 28.5 Å². The van der Waals surface area contributed by atoms with Crippen LogP contribution < -0.4 is 4.90 Å². The summed E-state index contributed by atoms with van der Waals surface area (Å²) in [4.78, 5) is 33.8. The van der Waals surface area contributed by atoms with Gasteiger partial charge in [-0.05, 0) is 65.9 Å². The summed E-state index contributed by atoms with van der Waals surface area (Å²) in [5, 5.41) is 2.56. The Morgan fingerprint density at radius 3 is 2.39 bits per heavy atom. The highest BCUT2D eigenvalue weighted by molar-refractivity contribution is 5.94. The van der Waals surface area contributed by atoms with Gasteiger partial charge in [0.05, 0.1) is 19.8 Å². The van der Waals surface area contributed by atoms with Gasteiger partial charge < -0.3 is 19.4 Å². The van der Waals surface area contributed by atoms with Gasteiger partial charge in [0.2, 0.25) is 5.91 Å². The molecule has 3 fully saturated rings. The number of rotatable bonds is 5. The molecule has 0 N–H and O–H groups in total. The molecule has 6 rings (SSSR count). The number of likely N-dealkylation sites (N-methyl/N-ethyl adjacent to an activating group) is 1. The van der Waals surface area contributed by atoms with E-state index in [-0.39, 0.29) is 23.9 Å². The van der Waals surface area contributed by atoms with Crippen molar-refractivity contribution in [3.05, 3.63) is 77.6 Å². The van der Waals surface area contributed by atoms with E-state index in [1.807, 2.05) is 4.90 Å². The fourth-order valence-corrected chi connectivity index (χ4v) is 6.42. The number of carbonyl (C=O) groups excluding carboxylic acids is 2. The van der Waals surface area contributed by atoms with Gasteiger partial charge in [0.15, 0.2) is 0 Å². The number of benzene rings is 3. The predicted octanol–water partition coefficient (Wildman–Crippen LogP) is 4.38. The molecule has 3 saturated heterocycles. The number of likely N-dealkylation sites (tertiary alicyclic amines) is 1. The monoisotopic (exact) mass is 516 g/mol. The first-order valence-corrected chi connectivity index (χ1v) is 13.3. The van der Waals surface area contributed by atoms with Crippen LogP contribution in [0.25, 0.3) is 10.8 Å². The minimum absolute atomic E-state index is 0.0630. The summed E-state index contributed by atoms with van der Waals surface area (Å²) in [6.45, 7) is 5.75. The Balaban J connectivity index is 1.23. The minimum Gasteiger partial charge on any atom is -0.442 e. The van der Waals surface area contributed by atoms with Gasteiger partial charge >= 0.3 is 6.09 Å². The number of aryl methyl sites for hydroxylation is 1. The Morgan fingerprint density at radius 1 is 1.00 bits per heavy atom. The highest BCUT2D eigenvalue weighted by atomic mass is 19.1. The number of fused-ring (bicyclic) bond motifs is 1. The van der Waals surface area contributed by atoms with Gasteiger partial charge in [-0.25, -0.2) is 9.18 Å². The van der Waals surface area contributed by atoms with Crippen LogP contribution in [0.5, 0.6) is 0 Å². The summed E-state index contributed by atoms with van der Waals surface area (Å²) >= 11 is 0. The molecule has 3 aliphatic heterocycles. The number of amides is 2. The molecular weight excluding hydrogens is 483 g/mol. The second-order valence-corrected chi connectivity index (χ2v) is 10.9. The number of cyclic esters (lactones) is 1. The van der Waals surface area contributed by atoms with E-state index in [9.17, 15) is 14.0 Å². The number of piperidine rings is 1. The lowest BCUT2D eigenvalue weighted by atomic mass is 9.85. The molecule has 1 atom stereocenters. The van der Waals surface area contributed by atoms with E-state index in [0.29, 0.717) is 32.6 Å². The molecule has 2 amide bonds. The van der Waals surface area contributed by atoms with Crippen molar-refractivity contribution in [2.24, 2.45) is 0 Å². The van der Waals surface area contributed by atoms with Crippen molar-refractivity contribution in [2.75, 3.05) is 44.8 Å². The first-order chi connectivity index (χ1) is 18.3. The molecule has 0 aliphatic carbocycles. The van der Waals surface area contributed by atoms with Crippen LogP contribution in [0.4, 0.5) is 14.9 Å². The third-order valence-electron chi connectivity index (χ3n) is 8.41. The number of ether oxygens (including phenoxy) is 1. The maximum atomic E-state index is 14.0. The quantitative estimate of drug-likeness (QED) is 0.504. The zero-order valence-corrected chi connectivity index (χ0v) is 21.9. The van der Waals surface area contributed by atoms with Crippen molar-refractivity contribution in [1.29, 1.82) is 0 Å². The summed E-state index contributed by atoms with van der Waals surface area (Å²) in [7, 11) is 1.70. The number of carbonyl (C=O) groups is 2. The van der Waals surface area contributed by atoms with E-state index in [1.54, 1.807) is 19.2 Å². The number of halogens is 1. The molecule has 7 nitrogen and oxygen atoms in total. The summed E-state index contributed by atoms with van der Waals surface area (Å²) in [6.07, 6.45) is 0.641. The molecule has 198 valence electrons. The SMILES string of the molecule is Cc1cccc2cccc(CN3CCC4(CC3)C(=O)N(C[C@H]3CN(C)C(=O)O3)CN4c3ccc(F)cc3)c12. The van der Waals surface area contributed by atoms with E-state index in [2.05, 4.69) is 53.1 Å². The van der Waals surface area contributed by atoms with Gasteiger partial charge in [-0.1, -0.05) is 36.4 Å². The molecule has 0 unspecified atom stereocenters. The van der Waals surface area contributed by atoms with E-state index >= 15 is 0 Å². The van der Waals surface area contributed by atoms with Crippen LogP contribution in [0.2, 0.25) is 0 Å². The summed E-state index contributed by atoms with van der Waals surface area (Å²) in [5.41, 5.74) is 2.71. The molecule has 0 bridgehead atoms. The highest BCUT2D eigenvalue weighted by Gasteiger charge is 2.54. The number of hydrogen-bond acceptors (Lipinski definition) is 5. The summed E-state index contributed by atoms with van der Waals surface area (Å²) < 4.78 is 19.2. The first-order valence-electron chi connectivity index (χ1n) is 13.3. The standard InChI is InChI=1S/C30H33FN4O3/c1-21-5-3-6-22-7-4-8-23(27(21)22)17-33-15-13-30(14-16-33)28(36)34(19-26-18-32(2)29(37)38-26)20-35(30)25-11-9-24(31)10-12-25/h3-12,26H,13-20H2,1-2H3/t26-/m1/s1. The number of hydrogen-bond donors (Lipinski definition) is 0. The van der Waals surface area contributed by atoms with E-state index < -0.39 is 5.54 Å². The van der Waals surface area contributed by atoms with Crippen LogP contribution in [0.3, 0.4) is 0 Å². The molecule has 0 aromatic heterocycles. The molecule has 38 heavy (non-hydrogen) atoms. The number of nitrogens with zero attached hydrogens (tertiary/aromatic N) is 4. The zero-order chi connectivity index (χ0) is 26.4. The molecule has 0 radical (unpaired) electrons. The van der Waals surface area contributed by atoms with Crippen LogP contribution in [-0.2, 0) is 16.1 Å². The molecular formula is C30H33FN4O3. The average molecular weight is 517 g/mol. The molecule has 3 heterocycles. The molecule has 3 aliphatic rings. The first kappa shape index (κ1) is 24.7. The van der Waals surface area contributed by atoms with E-state index in [1.165, 1.54) is 38.9 Å². The van der Waals surface area contributed by atoms with E-state index in [4.69, 9.17) is 4.74 Å². The maximum Gasteiger partial charge on any atom is 0.410 e. The summed E-state index contributed by atoms with van der Waals surface area (Å²) in [6, 6.07) is 19.3. The fourth-order valence-electron chi connectivity index (χ4n) is 6.42. The van der Waals surface area contributed by atoms with Crippen LogP contribution >= 0.6 is 0 Å². The van der Waals surface area contributed by atoms with Gasteiger partial charge in [-0.3, -0.25) is 9.69 Å². The Hall–Kier alpha value is -3.65. The normalized spacial score (nSPS) is 21.7. The van der Waals surface area contributed by atoms with Gasteiger partial charge in [0.1, 0.15) is 17.5 Å². The predicted molar refractivity (Wildman–Crippen MR) is 144 cm³/mol. The van der Waals surface area contributed by atoms with Gasteiger partial charge in [0, 0.05) is 32.4 Å². The molecule has 0 saturated carbocycles. The van der Waals surface area contributed by atoms with E-state index in [0.717, 1.165) is 25.3 Å². The van der Waals surface area contributed by atoms with Gasteiger partial charge in [0.25, 0.3) is 0 Å². The van der Waals surface area contributed by atoms with Crippen molar-refractivity contribution in [2.45, 2.75) is 38.0 Å². The lowest BCUT2D eigenvalue weighted by Gasteiger charge is -2.43. The smallest absolute Gasteiger partial charge is 0.410 e. The minimum atomic E-state index is -0.697. The van der Waals surface area contributed by atoms with Crippen LogP contribution in [0.15, 0.2) is 60.7 Å². The Morgan fingerprint density at radius 2 is 1.71 bits per heavy atom. The number of anilines is 1. The van der Waals surface area contributed by atoms with Gasteiger partial charge in [-0.2, -0.15) is 0 Å². The Bertz CT molecular complexity index is 1360. The molecule has 1 spiro atoms. The second kappa shape index (κ2) is 9.58. The Labute approximate surface area is 222 Å². The lowest BCUT2D eigenvalue weighted by Crippen LogP contribution is -2.56. The largest absolute Gasteiger partial charge is 0.442 e. The average Bonchev–Trinajstić information content (AvgIpc) is 3.36. The fraction of sp³-hybridized carbons (Fsp3) is 0.400. The van der Waals surface area contributed by atoms with Crippen LogP contribution in [0.1, 0.15) is 24.0 Å². The third-order valence-corrected chi connectivity index (χ3v) is 8.41. The van der Waals surface area contributed by atoms with Crippen LogP contribution in [-0.4, -0.2) is 78.2 Å².